The highest BCUT2D eigenvalue weighted by atomic mass is 32.2. The molecular formula is C19H25NO4S. The first-order valence-electron chi connectivity index (χ1n) is 8.38. The molecule has 2 rings (SSSR count). The molecule has 0 saturated heterocycles. The van der Waals surface area contributed by atoms with E-state index in [1.807, 2.05) is 12.1 Å². The van der Waals surface area contributed by atoms with Gasteiger partial charge in [0.25, 0.3) is 0 Å². The molecule has 2 aromatic rings. The van der Waals surface area contributed by atoms with E-state index in [9.17, 15) is 13.2 Å². The van der Waals surface area contributed by atoms with Crippen molar-refractivity contribution >= 4 is 15.7 Å². The summed E-state index contributed by atoms with van der Waals surface area (Å²) in [6.45, 7) is 7.60. The molecule has 0 fully saturated rings. The molecule has 1 aromatic carbocycles. The predicted octanol–water partition coefficient (Wildman–Crippen LogP) is 3.69. The maximum absolute atomic E-state index is 13.1. The summed E-state index contributed by atoms with van der Waals surface area (Å²) in [7, 11) is -3.70. The molecule has 5 nitrogen and oxygen atoms in total. The van der Waals surface area contributed by atoms with Crippen molar-refractivity contribution in [3.05, 3.63) is 54.0 Å². The maximum Gasteiger partial charge on any atom is 0.222 e. The lowest BCUT2D eigenvalue weighted by atomic mass is 10.0. The fourth-order valence-corrected chi connectivity index (χ4v) is 4.03. The van der Waals surface area contributed by atoms with Gasteiger partial charge in [-0.15, -0.1) is 0 Å². The molecule has 0 aliphatic rings. The van der Waals surface area contributed by atoms with Crippen LogP contribution in [0.2, 0.25) is 0 Å². The van der Waals surface area contributed by atoms with Crippen LogP contribution in [0.25, 0.3) is 0 Å². The number of rotatable bonds is 7. The van der Waals surface area contributed by atoms with Crippen LogP contribution in [0.15, 0.2) is 52.0 Å². The van der Waals surface area contributed by atoms with Crippen molar-refractivity contribution in [2.45, 2.75) is 43.8 Å². The third-order valence-corrected chi connectivity index (χ3v) is 6.17. The number of benzene rings is 1. The molecule has 0 bridgehead atoms. The number of carbonyl (C=O) groups is 1. The summed E-state index contributed by atoms with van der Waals surface area (Å²) >= 11 is 0. The minimum atomic E-state index is -3.70. The second-order valence-electron chi connectivity index (χ2n) is 6.67. The van der Waals surface area contributed by atoms with Gasteiger partial charge in [-0.3, -0.25) is 4.79 Å². The molecule has 0 aliphatic carbocycles. The third-order valence-electron chi connectivity index (χ3n) is 4.10. The highest BCUT2D eigenvalue weighted by Gasteiger charge is 2.32. The zero-order valence-electron chi connectivity index (χ0n) is 15.0. The summed E-state index contributed by atoms with van der Waals surface area (Å²) in [6.07, 6.45) is 1.43. The fraction of sp³-hybridized carbons (Fsp3) is 0.421. The largest absolute Gasteiger partial charge is 0.468 e. The van der Waals surface area contributed by atoms with Gasteiger partial charge in [-0.05, 0) is 35.7 Å². The maximum atomic E-state index is 13.1. The van der Waals surface area contributed by atoms with Crippen LogP contribution in [0.3, 0.4) is 0 Å². The van der Waals surface area contributed by atoms with E-state index >= 15 is 0 Å². The number of hydrogen-bond donors (Lipinski definition) is 1. The van der Waals surface area contributed by atoms with Gasteiger partial charge < -0.3 is 9.73 Å². The zero-order chi connectivity index (χ0) is 18.6. The number of nitrogens with one attached hydrogen (secondary N) is 1. The Bertz CT molecular complexity index is 790. The van der Waals surface area contributed by atoms with Crippen LogP contribution in [0.1, 0.15) is 50.2 Å². The SMILES string of the molecule is CC(C)C(=O)NC[C@@H](c1ccco1)S(=O)(=O)c1ccc(C(C)C)cc1. The van der Waals surface area contributed by atoms with Crippen LogP contribution in [-0.4, -0.2) is 20.9 Å². The molecule has 1 N–H and O–H groups in total. The second-order valence-corrected chi connectivity index (χ2v) is 8.80. The lowest BCUT2D eigenvalue weighted by molar-refractivity contribution is -0.123. The quantitative estimate of drug-likeness (QED) is 0.814. The summed E-state index contributed by atoms with van der Waals surface area (Å²) < 4.78 is 31.5. The second kappa shape index (κ2) is 7.87. The molecule has 1 aromatic heterocycles. The van der Waals surface area contributed by atoms with E-state index in [1.165, 1.54) is 6.26 Å². The number of carbonyl (C=O) groups excluding carboxylic acids is 1. The molecule has 0 aliphatic heterocycles. The van der Waals surface area contributed by atoms with Crippen molar-refractivity contribution in [3.63, 3.8) is 0 Å². The Morgan fingerprint density at radius 3 is 2.20 bits per heavy atom. The van der Waals surface area contributed by atoms with Crippen molar-refractivity contribution in [2.75, 3.05) is 6.54 Å². The Kier molecular flexibility index (Phi) is 6.06. The molecule has 0 unspecified atom stereocenters. The predicted molar refractivity (Wildman–Crippen MR) is 97.0 cm³/mol. The Hall–Kier alpha value is -2.08. The van der Waals surface area contributed by atoms with Crippen molar-refractivity contribution in [1.29, 1.82) is 0 Å². The van der Waals surface area contributed by atoms with Crippen LogP contribution in [0.5, 0.6) is 0 Å². The Balaban J connectivity index is 2.33. The molecule has 6 heteroatoms. The van der Waals surface area contributed by atoms with Gasteiger partial charge in [0.15, 0.2) is 9.84 Å². The monoisotopic (exact) mass is 363 g/mol. The average molecular weight is 363 g/mol. The number of sulfone groups is 1. The first-order valence-corrected chi connectivity index (χ1v) is 9.93. The van der Waals surface area contributed by atoms with Gasteiger partial charge in [-0.25, -0.2) is 8.42 Å². The molecule has 0 saturated carbocycles. The first-order chi connectivity index (χ1) is 11.7. The van der Waals surface area contributed by atoms with E-state index in [-0.39, 0.29) is 23.3 Å². The fourth-order valence-electron chi connectivity index (χ4n) is 2.44. The Morgan fingerprint density at radius 2 is 1.72 bits per heavy atom. The summed E-state index contributed by atoms with van der Waals surface area (Å²) in [6, 6.07) is 10.1. The van der Waals surface area contributed by atoms with Crippen molar-refractivity contribution in [1.82, 2.24) is 5.32 Å². The number of amides is 1. The molecule has 136 valence electrons. The number of hydrogen-bond acceptors (Lipinski definition) is 4. The Labute approximate surface area is 149 Å². The molecule has 1 atom stereocenters. The van der Waals surface area contributed by atoms with Gasteiger partial charge in [0.1, 0.15) is 11.0 Å². The van der Waals surface area contributed by atoms with Crippen LogP contribution >= 0.6 is 0 Å². The Morgan fingerprint density at radius 1 is 1.08 bits per heavy atom. The first kappa shape index (κ1) is 19.2. The molecule has 1 heterocycles. The minimum absolute atomic E-state index is 0.0290. The van der Waals surface area contributed by atoms with Crippen LogP contribution in [0, 0.1) is 5.92 Å². The van der Waals surface area contributed by atoms with Crippen LogP contribution in [0.4, 0.5) is 0 Å². The zero-order valence-corrected chi connectivity index (χ0v) is 15.8. The van der Waals surface area contributed by atoms with Gasteiger partial charge in [-0.2, -0.15) is 0 Å². The molecule has 1 amide bonds. The van der Waals surface area contributed by atoms with Crippen LogP contribution < -0.4 is 5.32 Å². The van der Waals surface area contributed by atoms with Gasteiger partial charge >= 0.3 is 0 Å². The van der Waals surface area contributed by atoms with Crippen molar-refractivity contribution in [3.8, 4) is 0 Å². The molecule has 0 radical (unpaired) electrons. The molecule has 25 heavy (non-hydrogen) atoms. The average Bonchev–Trinajstić information content (AvgIpc) is 3.08. The highest BCUT2D eigenvalue weighted by Crippen LogP contribution is 2.30. The van der Waals surface area contributed by atoms with E-state index in [2.05, 4.69) is 19.2 Å². The minimum Gasteiger partial charge on any atom is -0.468 e. The summed E-state index contributed by atoms with van der Waals surface area (Å²) in [5.74, 6) is 0.229. The lowest BCUT2D eigenvalue weighted by Gasteiger charge is -2.18. The number of furan rings is 1. The standard InChI is InChI=1S/C19H25NO4S/c1-13(2)15-7-9-16(10-8-15)25(22,23)18(17-6-5-11-24-17)12-20-19(21)14(3)4/h5-11,13-14,18H,12H2,1-4H3,(H,20,21)/t18-/m0/s1. The van der Waals surface area contributed by atoms with E-state index in [0.717, 1.165) is 5.56 Å². The van der Waals surface area contributed by atoms with E-state index in [0.29, 0.717) is 11.7 Å². The van der Waals surface area contributed by atoms with Gasteiger partial charge in [0, 0.05) is 12.5 Å². The van der Waals surface area contributed by atoms with E-state index < -0.39 is 15.1 Å². The third kappa shape index (κ3) is 4.51. The van der Waals surface area contributed by atoms with Crippen molar-refractivity contribution < 1.29 is 17.6 Å². The van der Waals surface area contributed by atoms with Gasteiger partial charge in [0.2, 0.25) is 5.91 Å². The van der Waals surface area contributed by atoms with Crippen LogP contribution in [-0.2, 0) is 14.6 Å². The van der Waals surface area contributed by atoms with E-state index in [4.69, 9.17) is 4.42 Å². The normalized spacial score (nSPS) is 13.2. The van der Waals surface area contributed by atoms with Gasteiger partial charge in [0.05, 0.1) is 11.2 Å². The summed E-state index contributed by atoms with van der Waals surface area (Å²) in [5, 5.41) is 1.73. The smallest absolute Gasteiger partial charge is 0.222 e. The van der Waals surface area contributed by atoms with E-state index in [1.54, 1.807) is 38.1 Å². The topological polar surface area (TPSA) is 76.4 Å². The van der Waals surface area contributed by atoms with Crippen molar-refractivity contribution in [2.24, 2.45) is 5.92 Å². The summed E-state index contributed by atoms with van der Waals surface area (Å²) in [5.41, 5.74) is 1.07. The highest BCUT2D eigenvalue weighted by molar-refractivity contribution is 7.91. The summed E-state index contributed by atoms with van der Waals surface area (Å²) in [4.78, 5) is 12.1. The molecular weight excluding hydrogens is 338 g/mol. The molecule has 0 spiro atoms. The van der Waals surface area contributed by atoms with Gasteiger partial charge in [-0.1, -0.05) is 39.8 Å². The lowest BCUT2D eigenvalue weighted by Crippen LogP contribution is -2.34.